The average molecular weight is 639 g/mol. The minimum absolute atomic E-state index is 0.0898. The van der Waals surface area contributed by atoms with E-state index in [-0.39, 0.29) is 17.0 Å². The minimum Gasteiger partial charge on any atom is -0.491 e. The molecule has 6 rings (SSSR count). The molecule has 0 aromatic heterocycles. The molecule has 4 aromatic carbocycles. The second-order valence-corrected chi connectivity index (χ2v) is 11.8. The van der Waals surface area contributed by atoms with Crippen LogP contribution in [0.3, 0.4) is 0 Å². The van der Waals surface area contributed by atoms with Gasteiger partial charge in [-0.2, -0.15) is 0 Å². The topological polar surface area (TPSA) is 87.5 Å². The number of carbonyl (C=O) groups is 2. The van der Waals surface area contributed by atoms with Gasteiger partial charge >= 0.3 is 5.97 Å². The van der Waals surface area contributed by atoms with E-state index >= 15 is 0 Å². The molecule has 1 fully saturated rings. The zero-order valence-electron chi connectivity index (χ0n) is 25.9. The summed E-state index contributed by atoms with van der Waals surface area (Å²) in [4.78, 5) is 28.7. The van der Waals surface area contributed by atoms with Crippen molar-refractivity contribution in [2.75, 3.05) is 38.4 Å². The zero-order valence-corrected chi connectivity index (χ0v) is 25.9. The van der Waals surface area contributed by atoms with Crippen LogP contribution in [0, 0.1) is 23.6 Å². The Hall–Kier alpha value is -5.11. The number of hydrogen-bond donors (Lipinski definition) is 1. The van der Waals surface area contributed by atoms with E-state index in [1.165, 1.54) is 0 Å². The van der Waals surface area contributed by atoms with Crippen molar-refractivity contribution in [3.05, 3.63) is 118 Å². The highest BCUT2D eigenvalue weighted by molar-refractivity contribution is 6.05. The summed E-state index contributed by atoms with van der Waals surface area (Å²) >= 11 is 0. The summed E-state index contributed by atoms with van der Waals surface area (Å²) in [6.45, 7) is 14.0. The Morgan fingerprint density at radius 3 is 2.19 bits per heavy atom. The van der Waals surface area contributed by atoms with Gasteiger partial charge in [0.1, 0.15) is 29.7 Å². The molecule has 1 amide bonds. The van der Waals surface area contributed by atoms with E-state index in [1.54, 1.807) is 42.5 Å². The number of rotatable bonds is 11. The van der Waals surface area contributed by atoms with Gasteiger partial charge in [0.25, 0.3) is 11.6 Å². The van der Waals surface area contributed by atoms with Gasteiger partial charge in [0.15, 0.2) is 0 Å². The van der Waals surface area contributed by atoms with Crippen LogP contribution in [0.1, 0.15) is 58.0 Å². The quantitative estimate of drug-likeness (QED) is 0.0777. The van der Waals surface area contributed by atoms with Gasteiger partial charge in [-0.15, -0.1) is 0 Å². The summed E-state index contributed by atoms with van der Waals surface area (Å²) < 4.78 is 50.6. The molecule has 1 saturated heterocycles. The number of hydrogen-bond acceptors (Lipinski definition) is 6. The SMILES string of the molecule is [C-]#[N+]c1c(F)cc(NC(=O)c2ccc3c(c2)C(C)c2cc(OC(=O)c4ccc(OCCOCC5(CC)COC5)cc4)ccc2-3)cc1F. The van der Waals surface area contributed by atoms with Gasteiger partial charge in [-0.3, -0.25) is 4.79 Å². The first-order valence-corrected chi connectivity index (χ1v) is 15.3. The predicted octanol–water partition coefficient (Wildman–Crippen LogP) is 7.94. The molecular weight excluding hydrogens is 606 g/mol. The van der Waals surface area contributed by atoms with Crippen molar-refractivity contribution in [3.63, 3.8) is 0 Å². The van der Waals surface area contributed by atoms with Crippen molar-refractivity contribution in [2.24, 2.45) is 5.41 Å². The van der Waals surface area contributed by atoms with Crippen LogP contribution < -0.4 is 14.8 Å². The maximum atomic E-state index is 14.0. The highest BCUT2D eigenvalue weighted by Crippen LogP contribution is 2.46. The highest BCUT2D eigenvalue weighted by atomic mass is 19.1. The fourth-order valence-corrected chi connectivity index (χ4v) is 5.77. The Labute approximate surface area is 271 Å². The monoisotopic (exact) mass is 638 g/mol. The molecule has 4 aromatic rings. The van der Waals surface area contributed by atoms with Crippen molar-refractivity contribution in [1.82, 2.24) is 0 Å². The first-order chi connectivity index (χ1) is 22.7. The summed E-state index contributed by atoms with van der Waals surface area (Å²) in [5.41, 5.74) is 3.71. The van der Waals surface area contributed by atoms with Gasteiger partial charge in [-0.25, -0.2) is 18.4 Å². The van der Waals surface area contributed by atoms with Crippen molar-refractivity contribution >= 4 is 23.3 Å². The summed E-state index contributed by atoms with van der Waals surface area (Å²) in [5.74, 6) is -2.26. The molecule has 1 heterocycles. The molecule has 1 unspecified atom stereocenters. The third-order valence-corrected chi connectivity index (χ3v) is 8.72. The van der Waals surface area contributed by atoms with Crippen LogP contribution >= 0.6 is 0 Å². The Kier molecular flexibility index (Phi) is 9.03. The van der Waals surface area contributed by atoms with Crippen LogP contribution in [0.15, 0.2) is 72.8 Å². The molecule has 47 heavy (non-hydrogen) atoms. The lowest BCUT2D eigenvalue weighted by Gasteiger charge is -2.40. The van der Waals surface area contributed by atoms with Crippen LogP contribution in [0.5, 0.6) is 11.5 Å². The summed E-state index contributed by atoms with van der Waals surface area (Å²) in [6, 6.07) is 19.2. The van der Waals surface area contributed by atoms with Crippen molar-refractivity contribution < 1.29 is 37.3 Å². The minimum atomic E-state index is -1.05. The van der Waals surface area contributed by atoms with E-state index in [1.807, 2.05) is 25.1 Å². The number of nitrogens with one attached hydrogen (secondary N) is 1. The van der Waals surface area contributed by atoms with Gasteiger partial charge in [0, 0.05) is 22.6 Å². The Morgan fingerprint density at radius 2 is 1.55 bits per heavy atom. The highest BCUT2D eigenvalue weighted by Gasteiger charge is 2.37. The second-order valence-electron chi connectivity index (χ2n) is 11.8. The van der Waals surface area contributed by atoms with Crippen molar-refractivity contribution in [1.29, 1.82) is 0 Å². The molecule has 0 saturated carbocycles. The summed E-state index contributed by atoms with van der Waals surface area (Å²) in [5, 5.41) is 2.50. The van der Waals surface area contributed by atoms with E-state index in [0.717, 1.165) is 54.0 Å². The van der Waals surface area contributed by atoms with Crippen LogP contribution in [0.25, 0.3) is 16.0 Å². The van der Waals surface area contributed by atoms with Gasteiger partial charge < -0.3 is 24.3 Å². The number of carbonyl (C=O) groups excluding carboxylic acids is 2. The maximum absolute atomic E-state index is 14.0. The third-order valence-electron chi connectivity index (χ3n) is 8.72. The number of ether oxygens (including phenoxy) is 4. The molecule has 0 bridgehead atoms. The molecular formula is C37H32F2N2O6. The van der Waals surface area contributed by atoms with Gasteiger partial charge in [0.05, 0.1) is 38.6 Å². The van der Waals surface area contributed by atoms with Gasteiger partial charge in [0.2, 0.25) is 0 Å². The largest absolute Gasteiger partial charge is 0.491 e. The molecule has 10 heteroatoms. The summed E-state index contributed by atoms with van der Waals surface area (Å²) in [7, 11) is 0. The Balaban J connectivity index is 1.05. The average Bonchev–Trinajstić information content (AvgIpc) is 3.32. The number of esters is 1. The number of amides is 1. The first kappa shape index (κ1) is 31.9. The molecule has 1 aliphatic heterocycles. The smallest absolute Gasteiger partial charge is 0.343 e. The summed E-state index contributed by atoms with van der Waals surface area (Å²) in [6.07, 6.45) is 1.02. The van der Waals surface area contributed by atoms with Crippen molar-refractivity contribution in [3.8, 4) is 22.6 Å². The van der Waals surface area contributed by atoms with Gasteiger partial charge in [-0.05, 0) is 89.3 Å². The lowest BCUT2D eigenvalue weighted by molar-refractivity contribution is -0.151. The van der Waals surface area contributed by atoms with E-state index < -0.39 is 29.2 Å². The van der Waals surface area contributed by atoms with Crippen LogP contribution in [0.4, 0.5) is 20.2 Å². The maximum Gasteiger partial charge on any atom is 0.343 e. The molecule has 8 nitrogen and oxygen atoms in total. The van der Waals surface area contributed by atoms with Crippen LogP contribution in [-0.4, -0.2) is 44.9 Å². The first-order valence-electron chi connectivity index (χ1n) is 15.3. The second kappa shape index (κ2) is 13.3. The number of anilines is 1. The Bertz CT molecular complexity index is 1850. The number of halogens is 2. The Morgan fingerprint density at radius 1 is 0.915 bits per heavy atom. The molecule has 0 spiro atoms. The predicted molar refractivity (Wildman–Crippen MR) is 171 cm³/mol. The zero-order chi connectivity index (χ0) is 33.1. The lowest BCUT2D eigenvalue weighted by Crippen LogP contribution is -2.45. The molecule has 0 radical (unpaired) electrons. The fraction of sp³-hybridized carbons (Fsp3) is 0.270. The third kappa shape index (κ3) is 6.59. The normalized spacial score (nSPS) is 15.5. The molecule has 1 aliphatic carbocycles. The van der Waals surface area contributed by atoms with Gasteiger partial charge in [-0.1, -0.05) is 26.0 Å². The van der Waals surface area contributed by atoms with E-state index in [2.05, 4.69) is 17.1 Å². The number of benzene rings is 4. The van der Waals surface area contributed by atoms with Crippen molar-refractivity contribution in [2.45, 2.75) is 26.2 Å². The lowest BCUT2D eigenvalue weighted by atomic mass is 9.84. The molecule has 1 atom stereocenters. The van der Waals surface area contributed by atoms with E-state index in [0.29, 0.717) is 42.4 Å². The standard InChI is InChI=1S/C37H32F2N2O6/c1-4-37(20-45-21-37)19-44-13-14-46-26-8-5-23(6-9-26)36(43)47-27-10-12-29-28-11-7-24(15-30(28)22(2)31(29)18-27)35(42)41-25-16-32(38)34(40-3)33(39)17-25/h5-12,15-18,22H,4,13-14,19-21H2,1-2H3,(H,41,42). The number of fused-ring (bicyclic) bond motifs is 3. The fourth-order valence-electron chi connectivity index (χ4n) is 5.77. The number of nitrogens with zero attached hydrogens (tertiary/aromatic N) is 1. The van der Waals surface area contributed by atoms with E-state index in [4.69, 9.17) is 25.5 Å². The molecule has 1 N–H and O–H groups in total. The van der Waals surface area contributed by atoms with Crippen LogP contribution in [-0.2, 0) is 9.47 Å². The van der Waals surface area contributed by atoms with Crippen LogP contribution in [0.2, 0.25) is 0 Å². The molecule has 240 valence electrons. The molecule has 2 aliphatic rings. The van der Waals surface area contributed by atoms with E-state index in [9.17, 15) is 18.4 Å².